The average molecular weight is 386 g/mol. The number of hydrogen-bond acceptors (Lipinski definition) is 1. The van der Waals surface area contributed by atoms with E-state index in [9.17, 15) is 5.11 Å². The standard InChI is InChI=1S/C27H44O/c1-19(2)8-6-9-21(4)25-15-16-26-22(10-7-17-27(25,26)5)12-13-23-18-24(28)14-11-20(23)3/h12-13,19,21,24-26,28H,3,6-11,14-18H2,1-2,4-5H3/t21-,24+,25-,26?,27-/m1/s1/i24D. The Morgan fingerprint density at radius 3 is 2.71 bits per heavy atom. The van der Waals surface area contributed by atoms with Gasteiger partial charge in [-0.05, 0) is 86.0 Å². The molecule has 0 aromatic rings. The van der Waals surface area contributed by atoms with Crippen molar-refractivity contribution in [3.8, 4) is 0 Å². The van der Waals surface area contributed by atoms with Crippen LogP contribution in [0.4, 0.5) is 0 Å². The second kappa shape index (κ2) is 9.33. The fraction of sp³-hybridized carbons (Fsp3) is 0.778. The lowest BCUT2D eigenvalue weighted by atomic mass is 9.60. The van der Waals surface area contributed by atoms with Crippen LogP contribution in [0, 0.1) is 29.1 Å². The van der Waals surface area contributed by atoms with Crippen LogP contribution in [0.25, 0.3) is 0 Å². The topological polar surface area (TPSA) is 20.2 Å². The Balaban J connectivity index is 1.71. The van der Waals surface area contributed by atoms with Gasteiger partial charge >= 0.3 is 0 Å². The maximum absolute atomic E-state index is 10.2. The molecule has 0 radical (unpaired) electrons. The van der Waals surface area contributed by atoms with Crippen molar-refractivity contribution in [2.24, 2.45) is 29.1 Å². The molecule has 1 unspecified atom stereocenters. The van der Waals surface area contributed by atoms with Gasteiger partial charge in [0.05, 0.1) is 7.45 Å². The monoisotopic (exact) mass is 385 g/mol. The Kier molecular flexibility index (Phi) is 6.81. The summed E-state index contributed by atoms with van der Waals surface area (Å²) < 4.78 is 8.03. The highest BCUT2D eigenvalue weighted by Crippen LogP contribution is 2.59. The third-order valence-electron chi connectivity index (χ3n) is 8.23. The SMILES string of the molecule is [2H][C@]1(O)CCC(=C)C(=CC=C2CCC[C@@]3(C)C2CC[C@@H]3[C@H](C)CCCC(C)C)C1. The predicted octanol–water partition coefficient (Wildman–Crippen LogP) is 7.62. The fourth-order valence-electron chi connectivity index (χ4n) is 6.54. The maximum atomic E-state index is 10.2. The molecule has 0 saturated heterocycles. The van der Waals surface area contributed by atoms with Gasteiger partial charge in [0.15, 0.2) is 0 Å². The molecule has 28 heavy (non-hydrogen) atoms. The summed E-state index contributed by atoms with van der Waals surface area (Å²) >= 11 is 0. The van der Waals surface area contributed by atoms with E-state index in [0.717, 1.165) is 41.2 Å². The van der Waals surface area contributed by atoms with E-state index in [-0.39, 0.29) is 0 Å². The van der Waals surface area contributed by atoms with Gasteiger partial charge in [0.1, 0.15) is 0 Å². The first kappa shape index (κ1) is 20.5. The Morgan fingerprint density at radius 1 is 1.18 bits per heavy atom. The van der Waals surface area contributed by atoms with Crippen molar-refractivity contribution < 1.29 is 6.48 Å². The molecule has 3 rings (SSSR count). The van der Waals surface area contributed by atoms with Crippen LogP contribution in [0.3, 0.4) is 0 Å². The minimum atomic E-state index is -1.31. The van der Waals surface area contributed by atoms with Crippen molar-refractivity contribution in [1.82, 2.24) is 0 Å². The molecule has 5 atom stereocenters. The van der Waals surface area contributed by atoms with Gasteiger partial charge in [-0.2, -0.15) is 0 Å². The number of rotatable bonds is 6. The zero-order chi connectivity index (χ0) is 21.2. The molecular weight excluding hydrogens is 340 g/mol. The lowest BCUT2D eigenvalue weighted by molar-refractivity contribution is 0.0929. The van der Waals surface area contributed by atoms with Crippen LogP contribution >= 0.6 is 0 Å². The second-order valence-corrected chi connectivity index (χ2v) is 10.7. The van der Waals surface area contributed by atoms with Gasteiger partial charge < -0.3 is 5.11 Å². The van der Waals surface area contributed by atoms with Crippen molar-refractivity contribution in [1.29, 1.82) is 0 Å². The van der Waals surface area contributed by atoms with Crippen molar-refractivity contribution >= 4 is 0 Å². The molecule has 3 aliphatic rings. The Morgan fingerprint density at radius 2 is 1.96 bits per heavy atom. The molecule has 1 nitrogen and oxygen atoms in total. The van der Waals surface area contributed by atoms with Crippen molar-refractivity contribution in [3.05, 3.63) is 35.5 Å². The van der Waals surface area contributed by atoms with E-state index in [2.05, 4.69) is 46.4 Å². The molecule has 0 amide bonds. The molecule has 0 aromatic heterocycles. The Bertz CT molecular complexity index is 655. The summed E-state index contributed by atoms with van der Waals surface area (Å²) in [6, 6.07) is 0. The van der Waals surface area contributed by atoms with Crippen LogP contribution in [0.15, 0.2) is 35.5 Å². The van der Waals surface area contributed by atoms with Gasteiger partial charge in [-0.1, -0.05) is 76.8 Å². The summed E-state index contributed by atoms with van der Waals surface area (Å²) in [5.74, 6) is 3.23. The Hall–Kier alpha value is -0.820. The van der Waals surface area contributed by atoms with Crippen molar-refractivity contribution in [3.63, 3.8) is 0 Å². The number of hydrogen-bond donors (Lipinski definition) is 1. The summed E-state index contributed by atoms with van der Waals surface area (Å²) in [5.41, 5.74) is 4.28. The zero-order valence-corrected chi connectivity index (χ0v) is 18.9. The normalized spacial score (nSPS) is 40.8. The lowest BCUT2D eigenvalue weighted by Gasteiger charge is -2.44. The molecule has 0 spiro atoms. The third-order valence-corrected chi connectivity index (χ3v) is 8.23. The number of allylic oxidation sites excluding steroid dienone is 4. The zero-order valence-electron chi connectivity index (χ0n) is 19.9. The first-order valence-electron chi connectivity index (χ1n) is 12.4. The van der Waals surface area contributed by atoms with Crippen LogP contribution in [0.2, 0.25) is 0 Å². The minimum absolute atomic E-state index is 0.424. The summed E-state index contributed by atoms with van der Waals surface area (Å²) in [6.07, 6.45) is 15.7. The summed E-state index contributed by atoms with van der Waals surface area (Å²) in [6.45, 7) is 14.0. The van der Waals surface area contributed by atoms with Crippen LogP contribution in [-0.4, -0.2) is 11.2 Å². The van der Waals surface area contributed by atoms with E-state index in [1.54, 1.807) is 5.57 Å². The van der Waals surface area contributed by atoms with Crippen LogP contribution in [-0.2, 0) is 0 Å². The minimum Gasteiger partial charge on any atom is -0.393 e. The summed E-state index contributed by atoms with van der Waals surface area (Å²) in [4.78, 5) is 0. The predicted molar refractivity (Wildman–Crippen MR) is 121 cm³/mol. The van der Waals surface area contributed by atoms with E-state index in [0.29, 0.717) is 18.3 Å². The molecule has 1 N–H and O–H groups in total. The van der Waals surface area contributed by atoms with E-state index < -0.39 is 6.08 Å². The molecule has 0 aliphatic heterocycles. The maximum Gasteiger partial charge on any atom is 0.0604 e. The number of fused-ring (bicyclic) bond motifs is 1. The summed E-state index contributed by atoms with van der Waals surface area (Å²) in [5, 5.41) is 10.2. The molecule has 3 fully saturated rings. The van der Waals surface area contributed by atoms with Gasteiger partial charge in [0, 0.05) is 0 Å². The van der Waals surface area contributed by atoms with Gasteiger partial charge in [0.2, 0.25) is 0 Å². The van der Waals surface area contributed by atoms with E-state index in [1.807, 2.05) is 0 Å². The summed E-state index contributed by atoms with van der Waals surface area (Å²) in [7, 11) is 0. The van der Waals surface area contributed by atoms with Crippen LogP contribution in [0.5, 0.6) is 0 Å². The highest BCUT2D eigenvalue weighted by molar-refractivity contribution is 5.36. The molecular formula is C27H44O. The first-order chi connectivity index (χ1) is 13.6. The van der Waals surface area contributed by atoms with Gasteiger partial charge in [-0.15, -0.1) is 0 Å². The first-order valence-corrected chi connectivity index (χ1v) is 11.9. The highest BCUT2D eigenvalue weighted by Gasteiger charge is 2.50. The van der Waals surface area contributed by atoms with E-state index in [1.165, 1.54) is 51.4 Å². The molecule has 0 bridgehead atoms. The molecule has 158 valence electrons. The van der Waals surface area contributed by atoms with E-state index >= 15 is 0 Å². The third kappa shape index (κ3) is 4.84. The molecule has 0 heterocycles. The van der Waals surface area contributed by atoms with Gasteiger partial charge in [-0.3, -0.25) is 0 Å². The van der Waals surface area contributed by atoms with Gasteiger partial charge in [-0.25, -0.2) is 0 Å². The van der Waals surface area contributed by atoms with E-state index in [4.69, 9.17) is 1.37 Å². The molecule has 0 aromatic carbocycles. The van der Waals surface area contributed by atoms with Crippen LogP contribution < -0.4 is 0 Å². The fourth-order valence-corrected chi connectivity index (χ4v) is 6.54. The molecule has 3 aliphatic carbocycles. The van der Waals surface area contributed by atoms with Crippen molar-refractivity contribution in [2.75, 3.05) is 0 Å². The lowest BCUT2D eigenvalue weighted by Crippen LogP contribution is -2.36. The smallest absolute Gasteiger partial charge is 0.0604 e. The molecule has 3 saturated carbocycles. The Labute approximate surface area is 175 Å². The quantitative estimate of drug-likeness (QED) is 0.498. The van der Waals surface area contributed by atoms with Crippen molar-refractivity contribution in [2.45, 2.75) is 104 Å². The average Bonchev–Trinajstić information content (AvgIpc) is 2.99. The highest BCUT2D eigenvalue weighted by atomic mass is 16.3. The second-order valence-electron chi connectivity index (χ2n) is 10.7. The van der Waals surface area contributed by atoms with Crippen LogP contribution in [0.1, 0.15) is 99.7 Å². The largest absolute Gasteiger partial charge is 0.393 e. The molecule has 1 heteroatoms. The van der Waals surface area contributed by atoms with Gasteiger partial charge in [0.25, 0.3) is 0 Å². The number of aliphatic hydroxyl groups is 1.